The molecule has 0 bridgehead atoms. The van der Waals surface area contributed by atoms with Crippen LogP contribution in [0.4, 0.5) is 0 Å². The number of benzene rings is 1. The number of rotatable bonds is 3. The molecule has 3 aromatic rings. The normalized spacial score (nSPS) is 14.1. The van der Waals surface area contributed by atoms with E-state index in [4.69, 9.17) is 9.15 Å². The summed E-state index contributed by atoms with van der Waals surface area (Å²) < 4.78 is 13.1. The number of hydrogen-bond donors (Lipinski definition) is 0. The van der Waals surface area contributed by atoms with Crippen LogP contribution in [0.25, 0.3) is 10.9 Å². The van der Waals surface area contributed by atoms with Gasteiger partial charge in [0.05, 0.1) is 13.7 Å². The fourth-order valence-corrected chi connectivity index (χ4v) is 3.46. The Morgan fingerprint density at radius 1 is 1.31 bits per heavy atom. The van der Waals surface area contributed by atoms with E-state index in [0.29, 0.717) is 25.2 Å². The van der Waals surface area contributed by atoms with Gasteiger partial charge < -0.3 is 18.6 Å². The van der Waals surface area contributed by atoms with Gasteiger partial charge in [0.1, 0.15) is 22.9 Å². The smallest absolute Gasteiger partial charge is 0.270 e. The van der Waals surface area contributed by atoms with E-state index >= 15 is 0 Å². The number of amides is 1. The zero-order valence-corrected chi connectivity index (χ0v) is 15.6. The molecule has 0 atom stereocenters. The van der Waals surface area contributed by atoms with Crippen LogP contribution in [0.15, 0.2) is 28.7 Å². The standard InChI is InChI=1S/C20H23N3O3/c1-12(2)19-21-15-11-23(8-7-18(15)26-19)20(24)17-10-13-9-14(25-4)5-6-16(13)22(17)3/h5-6,9-10,12H,7-8,11H2,1-4H3. The van der Waals surface area contributed by atoms with Crippen LogP contribution < -0.4 is 4.74 Å². The third-order valence-electron chi connectivity index (χ3n) is 4.99. The Labute approximate surface area is 152 Å². The summed E-state index contributed by atoms with van der Waals surface area (Å²) in [6.45, 7) is 5.26. The number of nitrogens with zero attached hydrogens (tertiary/aromatic N) is 3. The molecule has 4 rings (SSSR count). The van der Waals surface area contributed by atoms with Crippen molar-refractivity contribution in [2.24, 2.45) is 7.05 Å². The molecule has 3 heterocycles. The highest BCUT2D eigenvalue weighted by molar-refractivity contribution is 5.99. The maximum Gasteiger partial charge on any atom is 0.270 e. The van der Waals surface area contributed by atoms with Gasteiger partial charge in [-0.15, -0.1) is 0 Å². The summed E-state index contributed by atoms with van der Waals surface area (Å²) in [5, 5.41) is 0.997. The van der Waals surface area contributed by atoms with E-state index < -0.39 is 0 Å². The lowest BCUT2D eigenvalue weighted by molar-refractivity contribution is 0.0718. The van der Waals surface area contributed by atoms with E-state index in [0.717, 1.165) is 34.0 Å². The second kappa shape index (κ2) is 6.20. The second-order valence-electron chi connectivity index (χ2n) is 7.07. The summed E-state index contributed by atoms with van der Waals surface area (Å²) in [6.07, 6.45) is 0.707. The maximum absolute atomic E-state index is 13.1. The molecule has 1 aliphatic rings. The molecular weight excluding hydrogens is 330 g/mol. The zero-order chi connectivity index (χ0) is 18.4. The van der Waals surface area contributed by atoms with Crippen molar-refractivity contribution in [2.75, 3.05) is 13.7 Å². The van der Waals surface area contributed by atoms with Crippen LogP contribution in [0.5, 0.6) is 5.75 Å². The van der Waals surface area contributed by atoms with Crippen LogP contribution in [-0.2, 0) is 20.0 Å². The van der Waals surface area contributed by atoms with E-state index in [1.807, 2.05) is 40.8 Å². The predicted octanol–water partition coefficient (Wildman–Crippen LogP) is 3.50. The first-order valence-electron chi connectivity index (χ1n) is 8.89. The summed E-state index contributed by atoms with van der Waals surface area (Å²) in [5.41, 5.74) is 2.56. The highest BCUT2D eigenvalue weighted by atomic mass is 16.5. The van der Waals surface area contributed by atoms with E-state index in [1.54, 1.807) is 7.11 Å². The molecule has 0 unspecified atom stereocenters. The van der Waals surface area contributed by atoms with Crippen LogP contribution in [-0.4, -0.2) is 34.0 Å². The van der Waals surface area contributed by atoms with Crippen molar-refractivity contribution in [3.8, 4) is 5.75 Å². The Balaban J connectivity index is 1.63. The minimum Gasteiger partial charge on any atom is -0.497 e. The number of oxazole rings is 1. The Kier molecular flexibility index (Phi) is 3.98. The molecule has 0 saturated carbocycles. The molecule has 1 aromatic carbocycles. The van der Waals surface area contributed by atoms with Crippen molar-refractivity contribution in [2.45, 2.75) is 32.7 Å². The van der Waals surface area contributed by atoms with Gasteiger partial charge in [-0.25, -0.2) is 4.98 Å². The minimum absolute atomic E-state index is 0.0161. The first-order chi connectivity index (χ1) is 12.5. The molecule has 26 heavy (non-hydrogen) atoms. The molecule has 6 heteroatoms. The molecule has 0 spiro atoms. The van der Waals surface area contributed by atoms with Gasteiger partial charge in [0.25, 0.3) is 5.91 Å². The predicted molar refractivity (Wildman–Crippen MR) is 98.5 cm³/mol. The van der Waals surface area contributed by atoms with Crippen molar-refractivity contribution in [1.82, 2.24) is 14.5 Å². The monoisotopic (exact) mass is 353 g/mol. The van der Waals surface area contributed by atoms with Crippen LogP contribution in [0.3, 0.4) is 0 Å². The first-order valence-corrected chi connectivity index (χ1v) is 8.89. The van der Waals surface area contributed by atoms with Crippen LogP contribution >= 0.6 is 0 Å². The number of carbonyl (C=O) groups excluding carboxylic acids is 1. The summed E-state index contributed by atoms with van der Waals surface area (Å²) in [4.78, 5) is 19.5. The number of aromatic nitrogens is 2. The Morgan fingerprint density at radius 2 is 2.12 bits per heavy atom. The third kappa shape index (κ3) is 2.66. The molecule has 1 amide bonds. The van der Waals surface area contributed by atoms with Crippen LogP contribution in [0, 0.1) is 0 Å². The van der Waals surface area contributed by atoms with Crippen molar-refractivity contribution >= 4 is 16.8 Å². The molecule has 0 N–H and O–H groups in total. The molecule has 0 saturated heterocycles. The van der Waals surface area contributed by atoms with E-state index in [-0.39, 0.29) is 11.8 Å². The third-order valence-corrected chi connectivity index (χ3v) is 4.99. The van der Waals surface area contributed by atoms with Gasteiger partial charge in [0, 0.05) is 36.8 Å². The van der Waals surface area contributed by atoms with Gasteiger partial charge in [-0.3, -0.25) is 4.79 Å². The van der Waals surface area contributed by atoms with Gasteiger partial charge in [0.15, 0.2) is 5.89 Å². The summed E-state index contributed by atoms with van der Waals surface area (Å²) >= 11 is 0. The molecular formula is C20H23N3O3. The SMILES string of the molecule is COc1ccc2c(c1)cc(C(=O)N1CCc3oc(C(C)C)nc3C1)n2C. The second-order valence-corrected chi connectivity index (χ2v) is 7.07. The molecule has 0 aliphatic carbocycles. The number of carbonyl (C=O) groups is 1. The number of methoxy groups -OCH3 is 1. The molecule has 1 aliphatic heterocycles. The largest absolute Gasteiger partial charge is 0.497 e. The van der Waals surface area contributed by atoms with Gasteiger partial charge in [-0.05, 0) is 24.3 Å². The van der Waals surface area contributed by atoms with Gasteiger partial charge >= 0.3 is 0 Å². The van der Waals surface area contributed by atoms with Crippen molar-refractivity contribution in [3.05, 3.63) is 47.3 Å². The van der Waals surface area contributed by atoms with Crippen molar-refractivity contribution < 1.29 is 13.9 Å². The average molecular weight is 353 g/mol. The fraction of sp³-hybridized carbons (Fsp3) is 0.400. The number of hydrogen-bond acceptors (Lipinski definition) is 4. The van der Waals surface area contributed by atoms with E-state index in [2.05, 4.69) is 18.8 Å². The summed E-state index contributed by atoms with van der Waals surface area (Å²) in [5.74, 6) is 2.72. The van der Waals surface area contributed by atoms with E-state index in [1.165, 1.54) is 0 Å². The Bertz CT molecular complexity index is 984. The average Bonchev–Trinajstić information content (AvgIpc) is 3.21. The Morgan fingerprint density at radius 3 is 2.85 bits per heavy atom. The van der Waals surface area contributed by atoms with Crippen molar-refractivity contribution in [3.63, 3.8) is 0 Å². The molecule has 0 fully saturated rings. The highest BCUT2D eigenvalue weighted by Gasteiger charge is 2.28. The summed E-state index contributed by atoms with van der Waals surface area (Å²) in [6, 6.07) is 7.77. The molecule has 6 nitrogen and oxygen atoms in total. The van der Waals surface area contributed by atoms with Gasteiger partial charge in [-0.2, -0.15) is 0 Å². The first kappa shape index (κ1) is 16.7. The summed E-state index contributed by atoms with van der Waals surface area (Å²) in [7, 11) is 3.56. The van der Waals surface area contributed by atoms with Gasteiger partial charge in [0.2, 0.25) is 0 Å². The number of ether oxygens (including phenoxy) is 1. The maximum atomic E-state index is 13.1. The molecule has 0 radical (unpaired) electrons. The number of fused-ring (bicyclic) bond motifs is 2. The Hall–Kier alpha value is -2.76. The zero-order valence-electron chi connectivity index (χ0n) is 15.6. The quantitative estimate of drug-likeness (QED) is 0.723. The van der Waals surface area contributed by atoms with Crippen LogP contribution in [0.2, 0.25) is 0 Å². The fourth-order valence-electron chi connectivity index (χ4n) is 3.46. The van der Waals surface area contributed by atoms with Crippen LogP contribution in [0.1, 0.15) is 47.6 Å². The van der Waals surface area contributed by atoms with E-state index in [9.17, 15) is 4.79 Å². The van der Waals surface area contributed by atoms with Crippen molar-refractivity contribution in [1.29, 1.82) is 0 Å². The molecule has 2 aromatic heterocycles. The highest BCUT2D eigenvalue weighted by Crippen LogP contribution is 2.27. The number of aryl methyl sites for hydroxylation is 1. The lowest BCUT2D eigenvalue weighted by Crippen LogP contribution is -2.36. The van der Waals surface area contributed by atoms with Gasteiger partial charge in [-0.1, -0.05) is 13.8 Å². The lowest BCUT2D eigenvalue weighted by Gasteiger charge is -2.25. The minimum atomic E-state index is 0.0161. The lowest BCUT2D eigenvalue weighted by atomic mass is 10.1. The molecule has 136 valence electrons. The topological polar surface area (TPSA) is 60.5 Å².